The van der Waals surface area contributed by atoms with Gasteiger partial charge in [0, 0.05) is 23.2 Å². The first-order chi connectivity index (χ1) is 13.2. The number of nitrogens with two attached hydrogens (primary N) is 1. The summed E-state index contributed by atoms with van der Waals surface area (Å²) in [5.74, 6) is 0.980. The Hall–Kier alpha value is -2.82. The summed E-state index contributed by atoms with van der Waals surface area (Å²) >= 11 is 0. The zero-order chi connectivity index (χ0) is 18.6. The molecule has 0 unspecified atom stereocenters. The van der Waals surface area contributed by atoms with Gasteiger partial charge in [0.05, 0.1) is 0 Å². The first kappa shape index (κ1) is 19.9. The Morgan fingerprint density at radius 2 is 1.71 bits per heavy atom. The van der Waals surface area contributed by atoms with E-state index in [4.69, 9.17) is 10.5 Å². The first-order valence-electron chi connectivity index (χ1n) is 9.13. The van der Waals surface area contributed by atoms with Crippen LogP contribution in [0.4, 0.5) is 5.69 Å². The number of halogens is 1. The molecule has 4 nitrogen and oxygen atoms in total. The van der Waals surface area contributed by atoms with Crippen molar-refractivity contribution in [3.8, 4) is 5.75 Å². The molecular formula is C23H23ClN2O2. The molecule has 0 aliphatic heterocycles. The van der Waals surface area contributed by atoms with E-state index in [1.807, 2.05) is 66.7 Å². The number of benzene rings is 3. The fourth-order valence-electron chi connectivity index (χ4n) is 3.08. The number of amides is 1. The second-order valence-electron chi connectivity index (χ2n) is 6.88. The Labute approximate surface area is 171 Å². The van der Waals surface area contributed by atoms with Gasteiger partial charge < -0.3 is 15.8 Å². The predicted molar refractivity (Wildman–Crippen MR) is 114 cm³/mol. The monoisotopic (exact) mass is 394 g/mol. The van der Waals surface area contributed by atoms with Gasteiger partial charge in [0.2, 0.25) is 0 Å². The van der Waals surface area contributed by atoms with Crippen molar-refractivity contribution in [2.45, 2.75) is 25.0 Å². The Morgan fingerprint density at radius 3 is 2.39 bits per heavy atom. The maximum absolute atomic E-state index is 12.5. The minimum Gasteiger partial charge on any atom is -0.489 e. The second kappa shape index (κ2) is 8.91. The van der Waals surface area contributed by atoms with Crippen LogP contribution in [0.5, 0.6) is 5.75 Å². The van der Waals surface area contributed by atoms with Crippen LogP contribution in [-0.4, -0.2) is 11.9 Å². The number of anilines is 1. The van der Waals surface area contributed by atoms with E-state index in [0.29, 0.717) is 23.8 Å². The number of ether oxygens (including phenoxy) is 1. The highest BCUT2D eigenvalue weighted by Crippen LogP contribution is 2.39. The van der Waals surface area contributed by atoms with Crippen molar-refractivity contribution in [3.05, 3.63) is 95.6 Å². The van der Waals surface area contributed by atoms with E-state index in [1.165, 1.54) is 5.56 Å². The molecule has 1 aliphatic carbocycles. The molecule has 144 valence electrons. The molecule has 0 spiro atoms. The number of nitrogens with one attached hydrogen (secondary N) is 1. The lowest BCUT2D eigenvalue weighted by molar-refractivity contribution is 0.102. The quantitative estimate of drug-likeness (QED) is 0.633. The van der Waals surface area contributed by atoms with E-state index < -0.39 is 0 Å². The van der Waals surface area contributed by atoms with Gasteiger partial charge in [0.1, 0.15) is 12.4 Å². The molecule has 5 heteroatoms. The van der Waals surface area contributed by atoms with Gasteiger partial charge in [-0.25, -0.2) is 0 Å². The third-order valence-corrected chi connectivity index (χ3v) is 4.78. The average Bonchev–Trinajstić information content (AvgIpc) is 3.44. The highest BCUT2D eigenvalue weighted by Gasteiger charge is 2.34. The summed E-state index contributed by atoms with van der Waals surface area (Å²) in [7, 11) is 0. The number of carbonyl (C=O) groups is 1. The molecule has 0 bridgehead atoms. The van der Waals surface area contributed by atoms with E-state index in [9.17, 15) is 4.79 Å². The zero-order valence-electron chi connectivity index (χ0n) is 15.4. The van der Waals surface area contributed by atoms with E-state index in [2.05, 4.69) is 5.32 Å². The van der Waals surface area contributed by atoms with E-state index in [-0.39, 0.29) is 24.4 Å². The smallest absolute Gasteiger partial charge is 0.255 e. The lowest BCUT2D eigenvalue weighted by atomic mass is 10.1. The average molecular weight is 395 g/mol. The largest absolute Gasteiger partial charge is 0.489 e. The highest BCUT2D eigenvalue weighted by molar-refractivity contribution is 6.04. The van der Waals surface area contributed by atoms with Crippen LogP contribution in [0.2, 0.25) is 0 Å². The standard InChI is InChI=1S/C23H22N2O2.ClH/c24-22-14-21(22)17-9-11-19(12-10-17)25-23(26)18-7-4-8-20(13-18)27-15-16-5-2-1-3-6-16;/h1-13,21-22H,14-15,24H2,(H,25,26);1H/t21-,22+;/m0./s1. The Balaban J connectivity index is 0.00000225. The van der Waals surface area contributed by atoms with Gasteiger partial charge in [0.15, 0.2) is 0 Å². The number of carbonyl (C=O) groups excluding carboxylic acids is 1. The van der Waals surface area contributed by atoms with E-state index in [1.54, 1.807) is 12.1 Å². The Morgan fingerprint density at radius 1 is 1.00 bits per heavy atom. The van der Waals surface area contributed by atoms with Gasteiger partial charge >= 0.3 is 0 Å². The number of hydrogen-bond donors (Lipinski definition) is 2. The normalized spacial score (nSPS) is 17.3. The van der Waals surface area contributed by atoms with Gasteiger partial charge in [-0.3, -0.25) is 4.79 Å². The summed E-state index contributed by atoms with van der Waals surface area (Å²) in [6, 6.07) is 25.4. The molecular weight excluding hydrogens is 372 g/mol. The third kappa shape index (κ3) is 4.91. The molecule has 1 amide bonds. The summed E-state index contributed by atoms with van der Waals surface area (Å²) in [5.41, 5.74) is 9.54. The lowest BCUT2D eigenvalue weighted by Crippen LogP contribution is -2.12. The molecule has 28 heavy (non-hydrogen) atoms. The Bertz CT molecular complexity index is 929. The summed E-state index contributed by atoms with van der Waals surface area (Å²) in [6.07, 6.45) is 1.04. The SMILES string of the molecule is Cl.N[C@@H]1C[C@H]1c1ccc(NC(=O)c2cccc(OCc3ccccc3)c2)cc1. The van der Waals surface area contributed by atoms with Crippen molar-refractivity contribution in [1.29, 1.82) is 0 Å². The van der Waals surface area contributed by atoms with Crippen molar-refractivity contribution in [3.63, 3.8) is 0 Å². The third-order valence-electron chi connectivity index (χ3n) is 4.78. The molecule has 3 N–H and O–H groups in total. The molecule has 0 saturated heterocycles. The topological polar surface area (TPSA) is 64.3 Å². The van der Waals surface area contributed by atoms with Crippen molar-refractivity contribution in [2.75, 3.05) is 5.32 Å². The van der Waals surface area contributed by atoms with Crippen LogP contribution >= 0.6 is 12.4 Å². The summed E-state index contributed by atoms with van der Waals surface area (Å²) in [6.45, 7) is 0.469. The molecule has 1 fully saturated rings. The fourth-order valence-corrected chi connectivity index (χ4v) is 3.08. The number of hydrogen-bond acceptors (Lipinski definition) is 3. The molecule has 0 radical (unpaired) electrons. The molecule has 2 atom stereocenters. The van der Waals surface area contributed by atoms with Gasteiger partial charge in [0.25, 0.3) is 5.91 Å². The number of rotatable bonds is 6. The maximum Gasteiger partial charge on any atom is 0.255 e. The molecule has 4 rings (SSSR count). The lowest BCUT2D eigenvalue weighted by Gasteiger charge is -2.09. The highest BCUT2D eigenvalue weighted by atomic mass is 35.5. The van der Waals surface area contributed by atoms with E-state index >= 15 is 0 Å². The van der Waals surface area contributed by atoms with Gasteiger partial charge in [-0.05, 0) is 47.9 Å². The first-order valence-corrected chi connectivity index (χ1v) is 9.13. The molecule has 1 saturated carbocycles. The van der Waals surface area contributed by atoms with E-state index in [0.717, 1.165) is 17.7 Å². The zero-order valence-corrected chi connectivity index (χ0v) is 16.2. The Kier molecular flexibility index (Phi) is 6.34. The van der Waals surface area contributed by atoms with Crippen molar-refractivity contribution in [1.82, 2.24) is 0 Å². The van der Waals surface area contributed by atoms with Crippen LogP contribution in [0.25, 0.3) is 0 Å². The minimum absolute atomic E-state index is 0. The van der Waals surface area contributed by atoms with Crippen LogP contribution in [0.15, 0.2) is 78.9 Å². The van der Waals surface area contributed by atoms with Gasteiger partial charge in [-0.15, -0.1) is 12.4 Å². The molecule has 0 heterocycles. The summed E-state index contributed by atoms with van der Waals surface area (Å²) in [4.78, 5) is 12.5. The maximum atomic E-state index is 12.5. The van der Waals surface area contributed by atoms with Crippen LogP contribution < -0.4 is 15.8 Å². The van der Waals surface area contributed by atoms with Crippen LogP contribution in [0.3, 0.4) is 0 Å². The minimum atomic E-state index is -0.156. The molecule has 3 aromatic rings. The second-order valence-corrected chi connectivity index (χ2v) is 6.88. The summed E-state index contributed by atoms with van der Waals surface area (Å²) < 4.78 is 5.80. The summed E-state index contributed by atoms with van der Waals surface area (Å²) in [5, 5.41) is 2.93. The fraction of sp³-hybridized carbons (Fsp3) is 0.174. The van der Waals surface area contributed by atoms with Gasteiger partial charge in [-0.1, -0.05) is 48.5 Å². The van der Waals surface area contributed by atoms with Crippen LogP contribution in [0, 0.1) is 0 Å². The molecule has 0 aromatic heterocycles. The van der Waals surface area contributed by atoms with Gasteiger partial charge in [-0.2, -0.15) is 0 Å². The van der Waals surface area contributed by atoms with Crippen molar-refractivity contribution >= 4 is 24.0 Å². The van der Waals surface area contributed by atoms with Crippen molar-refractivity contribution < 1.29 is 9.53 Å². The van der Waals surface area contributed by atoms with Crippen LogP contribution in [-0.2, 0) is 6.61 Å². The molecule has 1 aliphatic rings. The molecule has 3 aromatic carbocycles. The van der Waals surface area contributed by atoms with Crippen molar-refractivity contribution in [2.24, 2.45) is 5.73 Å². The predicted octanol–water partition coefficient (Wildman–Crippen LogP) is 4.75. The van der Waals surface area contributed by atoms with Crippen LogP contribution in [0.1, 0.15) is 33.8 Å².